The average Bonchev–Trinajstić information content (AvgIpc) is 2.49. The second-order valence-corrected chi connectivity index (χ2v) is 5.90. The molecule has 14 heavy (non-hydrogen) atoms. The molecule has 2 nitrogen and oxygen atoms in total. The van der Waals surface area contributed by atoms with Gasteiger partial charge in [0.1, 0.15) is 6.10 Å². The van der Waals surface area contributed by atoms with Crippen LogP contribution in [0.3, 0.4) is 0 Å². The molecular formula is C12H20O2. The number of carbonyl (C=O) groups excluding carboxylic acids is 1. The molecule has 0 N–H and O–H groups in total. The third kappa shape index (κ3) is 1.19. The molecule has 0 amide bonds. The van der Waals surface area contributed by atoms with E-state index >= 15 is 0 Å². The molecule has 2 fully saturated rings. The van der Waals surface area contributed by atoms with Crippen LogP contribution < -0.4 is 0 Å². The minimum absolute atomic E-state index is 0.128. The lowest BCUT2D eigenvalue weighted by atomic mass is 9.70. The molecule has 2 saturated carbocycles. The summed E-state index contributed by atoms with van der Waals surface area (Å²) in [5.41, 5.74) is 0.429. The van der Waals surface area contributed by atoms with Crippen molar-refractivity contribution in [2.45, 2.75) is 53.1 Å². The van der Waals surface area contributed by atoms with Crippen LogP contribution in [-0.4, -0.2) is 12.1 Å². The van der Waals surface area contributed by atoms with Crippen LogP contribution in [0.2, 0.25) is 0 Å². The van der Waals surface area contributed by atoms with Crippen molar-refractivity contribution in [1.29, 1.82) is 0 Å². The van der Waals surface area contributed by atoms with Crippen LogP contribution in [0.5, 0.6) is 0 Å². The Morgan fingerprint density at radius 2 is 2.00 bits per heavy atom. The maximum atomic E-state index is 11.1. The number of hydrogen-bond acceptors (Lipinski definition) is 2. The standard InChI is InChI=1S/C12H20O2/c1-8(13)14-10-11(2,3)9-5-6-12(10,4)7-9/h9-10H,5-7H2,1-4H3/t9-,10-,12-/m0/s1. The number of carbonyl (C=O) groups is 1. The zero-order valence-electron chi connectivity index (χ0n) is 9.59. The van der Waals surface area contributed by atoms with E-state index in [2.05, 4.69) is 20.8 Å². The molecule has 80 valence electrons. The van der Waals surface area contributed by atoms with Crippen LogP contribution in [-0.2, 0) is 9.53 Å². The van der Waals surface area contributed by atoms with E-state index in [0.29, 0.717) is 0 Å². The number of hydrogen-bond donors (Lipinski definition) is 0. The van der Waals surface area contributed by atoms with E-state index in [4.69, 9.17) is 4.74 Å². The van der Waals surface area contributed by atoms with E-state index in [9.17, 15) is 4.79 Å². The van der Waals surface area contributed by atoms with Gasteiger partial charge in [0.25, 0.3) is 0 Å². The Morgan fingerprint density at radius 1 is 1.36 bits per heavy atom. The lowest BCUT2D eigenvalue weighted by Gasteiger charge is -2.41. The summed E-state index contributed by atoms with van der Waals surface area (Å²) in [6.07, 6.45) is 3.89. The minimum atomic E-state index is -0.128. The van der Waals surface area contributed by atoms with Crippen molar-refractivity contribution in [3.63, 3.8) is 0 Å². The Hall–Kier alpha value is -0.530. The summed E-state index contributed by atoms with van der Waals surface area (Å²) in [7, 11) is 0. The third-order valence-electron chi connectivity index (χ3n) is 4.42. The predicted molar refractivity (Wildman–Crippen MR) is 54.8 cm³/mol. The van der Waals surface area contributed by atoms with Gasteiger partial charge >= 0.3 is 5.97 Å². The first kappa shape index (κ1) is 10.0. The van der Waals surface area contributed by atoms with Gasteiger partial charge in [0, 0.05) is 17.8 Å². The minimum Gasteiger partial charge on any atom is -0.461 e. The van der Waals surface area contributed by atoms with Gasteiger partial charge in [0.05, 0.1) is 0 Å². The molecule has 2 aliphatic carbocycles. The van der Waals surface area contributed by atoms with Crippen molar-refractivity contribution in [2.75, 3.05) is 0 Å². The van der Waals surface area contributed by atoms with Gasteiger partial charge in [0.15, 0.2) is 0 Å². The zero-order valence-corrected chi connectivity index (χ0v) is 9.59. The third-order valence-corrected chi connectivity index (χ3v) is 4.42. The van der Waals surface area contributed by atoms with Gasteiger partial charge in [-0.25, -0.2) is 0 Å². The summed E-state index contributed by atoms with van der Waals surface area (Å²) >= 11 is 0. The van der Waals surface area contributed by atoms with E-state index in [1.165, 1.54) is 26.2 Å². The van der Waals surface area contributed by atoms with Crippen LogP contribution in [0, 0.1) is 16.7 Å². The van der Waals surface area contributed by atoms with E-state index < -0.39 is 0 Å². The molecule has 2 heteroatoms. The second-order valence-electron chi connectivity index (χ2n) is 5.90. The lowest BCUT2D eigenvalue weighted by Crippen LogP contribution is -2.43. The molecule has 0 unspecified atom stereocenters. The van der Waals surface area contributed by atoms with Crippen LogP contribution >= 0.6 is 0 Å². The highest BCUT2D eigenvalue weighted by atomic mass is 16.5. The first-order valence-corrected chi connectivity index (χ1v) is 5.53. The van der Waals surface area contributed by atoms with Crippen LogP contribution in [0.1, 0.15) is 47.0 Å². The Bertz CT molecular complexity index is 265. The summed E-state index contributed by atoms with van der Waals surface area (Å²) in [4.78, 5) is 11.1. The normalized spacial score (nSPS) is 44.0. The van der Waals surface area contributed by atoms with Gasteiger partial charge in [0.2, 0.25) is 0 Å². The fourth-order valence-electron chi connectivity index (χ4n) is 3.72. The van der Waals surface area contributed by atoms with Crippen molar-refractivity contribution in [1.82, 2.24) is 0 Å². The van der Waals surface area contributed by atoms with Gasteiger partial charge in [-0.3, -0.25) is 4.79 Å². The number of fused-ring (bicyclic) bond motifs is 2. The molecule has 2 aliphatic rings. The van der Waals surface area contributed by atoms with Gasteiger partial charge in [-0.05, 0) is 25.2 Å². The van der Waals surface area contributed by atoms with Gasteiger partial charge in [-0.2, -0.15) is 0 Å². The Kier molecular flexibility index (Phi) is 1.96. The highest BCUT2D eigenvalue weighted by molar-refractivity contribution is 5.66. The fourth-order valence-corrected chi connectivity index (χ4v) is 3.72. The summed E-state index contributed by atoms with van der Waals surface area (Å²) in [6, 6.07) is 0. The van der Waals surface area contributed by atoms with Crippen LogP contribution in [0.4, 0.5) is 0 Å². The molecule has 2 bridgehead atoms. The van der Waals surface area contributed by atoms with Crippen LogP contribution in [0.15, 0.2) is 0 Å². The summed E-state index contributed by atoms with van der Waals surface area (Å²) in [6.45, 7) is 8.28. The first-order chi connectivity index (χ1) is 6.36. The van der Waals surface area contributed by atoms with E-state index in [-0.39, 0.29) is 22.9 Å². The van der Waals surface area contributed by atoms with E-state index in [1.807, 2.05) is 0 Å². The Balaban J connectivity index is 2.25. The fraction of sp³-hybridized carbons (Fsp3) is 0.917. The predicted octanol–water partition coefficient (Wildman–Crippen LogP) is 2.76. The molecule has 2 rings (SSSR count). The molecule has 0 aromatic carbocycles. The number of ether oxygens (including phenoxy) is 1. The molecule has 0 saturated heterocycles. The molecule has 3 atom stereocenters. The second kappa shape index (κ2) is 2.74. The summed E-state index contributed by atoms with van der Waals surface area (Å²) < 4.78 is 5.52. The molecule has 0 spiro atoms. The molecule has 0 aliphatic heterocycles. The molecule has 0 heterocycles. The Labute approximate surface area is 86.0 Å². The summed E-state index contributed by atoms with van der Waals surface area (Å²) in [5.74, 6) is 0.619. The van der Waals surface area contributed by atoms with Crippen molar-refractivity contribution >= 4 is 5.97 Å². The maximum Gasteiger partial charge on any atom is 0.302 e. The average molecular weight is 196 g/mol. The monoisotopic (exact) mass is 196 g/mol. The molecule has 0 radical (unpaired) electrons. The molecular weight excluding hydrogens is 176 g/mol. The summed E-state index contributed by atoms with van der Waals surface area (Å²) in [5, 5.41) is 0. The highest BCUT2D eigenvalue weighted by Gasteiger charge is 2.61. The quantitative estimate of drug-likeness (QED) is 0.603. The molecule has 0 aromatic rings. The van der Waals surface area contributed by atoms with E-state index in [1.54, 1.807) is 0 Å². The smallest absolute Gasteiger partial charge is 0.302 e. The van der Waals surface area contributed by atoms with Crippen molar-refractivity contribution in [2.24, 2.45) is 16.7 Å². The van der Waals surface area contributed by atoms with Crippen molar-refractivity contribution in [3.8, 4) is 0 Å². The maximum absolute atomic E-state index is 11.1. The largest absolute Gasteiger partial charge is 0.461 e. The number of esters is 1. The number of rotatable bonds is 1. The SMILES string of the molecule is CC(=O)O[C@H]1C(C)(C)[C@H]2CC[C@@]1(C)C2. The van der Waals surface area contributed by atoms with Gasteiger partial charge in [-0.15, -0.1) is 0 Å². The van der Waals surface area contributed by atoms with Gasteiger partial charge < -0.3 is 4.74 Å². The zero-order chi connectivity index (χ0) is 10.6. The van der Waals surface area contributed by atoms with Crippen molar-refractivity contribution < 1.29 is 9.53 Å². The van der Waals surface area contributed by atoms with Gasteiger partial charge in [-0.1, -0.05) is 20.8 Å². The Morgan fingerprint density at radius 3 is 2.43 bits per heavy atom. The van der Waals surface area contributed by atoms with E-state index in [0.717, 1.165) is 5.92 Å². The topological polar surface area (TPSA) is 26.3 Å². The molecule has 0 aromatic heterocycles. The highest BCUT2D eigenvalue weighted by Crippen LogP contribution is 2.63. The first-order valence-electron chi connectivity index (χ1n) is 5.53. The lowest BCUT2D eigenvalue weighted by molar-refractivity contribution is -0.161. The van der Waals surface area contributed by atoms with Crippen LogP contribution in [0.25, 0.3) is 0 Å². The van der Waals surface area contributed by atoms with Crippen molar-refractivity contribution in [3.05, 3.63) is 0 Å².